The number of aromatic amines is 2. The van der Waals surface area contributed by atoms with Crippen molar-refractivity contribution in [3.8, 4) is 0 Å². The highest BCUT2D eigenvalue weighted by Crippen LogP contribution is 2.33. The molecule has 2 aliphatic rings. The van der Waals surface area contributed by atoms with Gasteiger partial charge in [-0.25, -0.2) is 4.99 Å². The number of aromatic nitrogens is 2. The Bertz CT molecular complexity index is 2160. The molecule has 10 heteroatoms. The van der Waals surface area contributed by atoms with Gasteiger partial charge in [-0.2, -0.15) is 0 Å². The van der Waals surface area contributed by atoms with Crippen LogP contribution in [-0.4, -0.2) is 49.6 Å². The number of carboxylic acids is 2. The first-order valence-electron chi connectivity index (χ1n) is 16.9. The lowest BCUT2D eigenvalue weighted by Gasteiger charge is -2.13. The van der Waals surface area contributed by atoms with E-state index in [0.717, 1.165) is 39.1 Å². The second-order valence-corrected chi connectivity index (χ2v) is 13.1. The Morgan fingerprint density at radius 1 is 0.840 bits per heavy atom. The highest BCUT2D eigenvalue weighted by molar-refractivity contribution is 6.30. The Labute approximate surface area is 291 Å². The maximum atomic E-state index is 12.7. The van der Waals surface area contributed by atoms with Crippen molar-refractivity contribution < 1.29 is 29.4 Å². The number of carbonyl (C=O) groups is 4. The predicted octanol–water partition coefficient (Wildman–Crippen LogP) is 5.46. The number of allylic oxidation sites excluding steroid dienone is 2. The van der Waals surface area contributed by atoms with Gasteiger partial charge in [0.2, 0.25) is 0 Å². The van der Waals surface area contributed by atoms with E-state index in [1.165, 1.54) is 0 Å². The molecule has 2 atom stereocenters. The minimum absolute atomic E-state index is 0.102. The third kappa shape index (κ3) is 6.96. The van der Waals surface area contributed by atoms with Crippen molar-refractivity contribution in [2.75, 3.05) is 0 Å². The summed E-state index contributed by atoms with van der Waals surface area (Å²) in [5.41, 5.74) is 9.66. The minimum atomic E-state index is -0.958. The summed E-state index contributed by atoms with van der Waals surface area (Å²) in [5.74, 6) is -3.51. The number of H-pyrrole nitrogens is 2. The Hall–Kier alpha value is -5.51. The SMILES string of the molecule is CCC1=C(C)C(=O)N=C1/C=c1\[nH]/c(=C\c2[nH]c(/C=C3\NC(=O)C(C)=C3CC)c(C)c2[C@@H](C)CC(=O)O)c(C[C@H](C(=O)O)c2ccccc2)c1C. The number of hydrogen-bond donors (Lipinski definition) is 5. The van der Waals surface area contributed by atoms with Crippen LogP contribution in [0.25, 0.3) is 18.2 Å². The number of carbonyl (C=O) groups excluding carboxylic acids is 2. The Balaban J connectivity index is 1.76. The summed E-state index contributed by atoms with van der Waals surface area (Å²) in [4.78, 5) is 60.9. The van der Waals surface area contributed by atoms with Crippen molar-refractivity contribution in [3.05, 3.63) is 108 Å². The summed E-state index contributed by atoms with van der Waals surface area (Å²) in [6.07, 6.45) is 7.01. The van der Waals surface area contributed by atoms with Crippen LogP contribution in [0.2, 0.25) is 0 Å². The first kappa shape index (κ1) is 35.8. The normalized spacial score (nSPS) is 17.7. The summed E-state index contributed by atoms with van der Waals surface area (Å²) in [5, 5.41) is 24.4. The molecular formula is C40H44N4O6. The van der Waals surface area contributed by atoms with Gasteiger partial charge in [-0.1, -0.05) is 51.1 Å². The van der Waals surface area contributed by atoms with Gasteiger partial charge in [0.25, 0.3) is 11.8 Å². The highest BCUT2D eigenvalue weighted by Gasteiger charge is 2.27. The number of benzene rings is 1. The van der Waals surface area contributed by atoms with Crippen LogP contribution < -0.4 is 16.0 Å². The molecule has 4 heterocycles. The zero-order chi connectivity index (χ0) is 36.4. The summed E-state index contributed by atoms with van der Waals surface area (Å²) >= 11 is 0. The van der Waals surface area contributed by atoms with Crippen LogP contribution in [-0.2, 0) is 25.6 Å². The zero-order valence-corrected chi connectivity index (χ0v) is 29.6. The fourth-order valence-electron chi connectivity index (χ4n) is 7.14. The molecule has 0 fully saturated rings. The molecule has 0 saturated heterocycles. The molecule has 2 aromatic heterocycles. The van der Waals surface area contributed by atoms with Gasteiger partial charge < -0.3 is 25.5 Å². The predicted molar refractivity (Wildman–Crippen MR) is 194 cm³/mol. The highest BCUT2D eigenvalue weighted by atomic mass is 16.4. The monoisotopic (exact) mass is 676 g/mol. The topological polar surface area (TPSA) is 165 Å². The third-order valence-electron chi connectivity index (χ3n) is 9.94. The van der Waals surface area contributed by atoms with Gasteiger partial charge in [0.1, 0.15) is 0 Å². The lowest BCUT2D eigenvalue weighted by Crippen LogP contribution is -2.19. The summed E-state index contributed by atoms with van der Waals surface area (Å²) in [6, 6.07) is 9.09. The first-order chi connectivity index (χ1) is 23.7. The van der Waals surface area contributed by atoms with Gasteiger partial charge in [0.15, 0.2) is 0 Å². The fourth-order valence-corrected chi connectivity index (χ4v) is 7.14. The largest absolute Gasteiger partial charge is 0.481 e. The maximum absolute atomic E-state index is 12.7. The van der Waals surface area contributed by atoms with Crippen LogP contribution in [0, 0.1) is 13.8 Å². The second-order valence-electron chi connectivity index (χ2n) is 13.1. The van der Waals surface area contributed by atoms with Gasteiger partial charge in [-0.3, -0.25) is 19.2 Å². The summed E-state index contributed by atoms with van der Waals surface area (Å²) in [6.45, 7) is 13.3. The second kappa shape index (κ2) is 14.5. The van der Waals surface area contributed by atoms with E-state index in [1.807, 2.05) is 71.0 Å². The molecule has 2 amide bonds. The lowest BCUT2D eigenvalue weighted by molar-refractivity contribution is -0.139. The van der Waals surface area contributed by atoms with Crippen LogP contribution >= 0.6 is 0 Å². The number of amides is 2. The van der Waals surface area contributed by atoms with E-state index in [2.05, 4.69) is 20.3 Å². The van der Waals surface area contributed by atoms with E-state index in [0.29, 0.717) is 57.4 Å². The molecular weight excluding hydrogens is 632 g/mol. The smallest absolute Gasteiger partial charge is 0.311 e. The molecule has 5 rings (SSSR count). The van der Waals surface area contributed by atoms with Crippen molar-refractivity contribution in [1.82, 2.24) is 15.3 Å². The number of rotatable bonds is 12. The van der Waals surface area contributed by atoms with E-state index in [9.17, 15) is 29.4 Å². The number of hydrogen-bond acceptors (Lipinski definition) is 4. The van der Waals surface area contributed by atoms with Crippen molar-refractivity contribution >= 4 is 47.7 Å². The summed E-state index contributed by atoms with van der Waals surface area (Å²) in [7, 11) is 0. The fraction of sp³-hybridized carbons (Fsp3) is 0.325. The quantitative estimate of drug-likeness (QED) is 0.171. The first-order valence-corrected chi connectivity index (χ1v) is 16.9. The van der Waals surface area contributed by atoms with E-state index >= 15 is 0 Å². The maximum Gasteiger partial charge on any atom is 0.311 e. The van der Waals surface area contributed by atoms with Crippen LogP contribution in [0.15, 0.2) is 63.3 Å². The lowest BCUT2D eigenvalue weighted by atomic mass is 9.90. The molecule has 0 unspecified atom stereocenters. The van der Waals surface area contributed by atoms with Crippen LogP contribution in [0.3, 0.4) is 0 Å². The van der Waals surface area contributed by atoms with Crippen molar-refractivity contribution in [2.45, 2.75) is 86.0 Å². The molecule has 0 bridgehead atoms. The standard InChI is InChI=1S/C40H44N4O6/c1-8-26-22(5)38(47)43-32(26)17-30-21(4)28(16-29(40(49)50)25-13-11-10-12-14-25)34(41-30)19-35-37(20(3)15-36(45)46)24(7)31(42-35)18-33-27(9-2)23(6)39(48)44-33/h10-14,17-20,29,41-42H,8-9,15-16H2,1-7H3,(H,44,48)(H,45,46)(H,49,50)/b30-17-,33-18-,34-19-/t20-,29-/m0/s1. The Morgan fingerprint density at radius 2 is 1.52 bits per heavy atom. The third-order valence-corrected chi connectivity index (χ3v) is 9.94. The van der Waals surface area contributed by atoms with Gasteiger partial charge in [0, 0.05) is 38.9 Å². The number of aliphatic imine (C=N–C) groups is 1. The van der Waals surface area contributed by atoms with Gasteiger partial charge >= 0.3 is 11.9 Å². The molecule has 1 aromatic carbocycles. The van der Waals surface area contributed by atoms with Crippen LogP contribution in [0.4, 0.5) is 0 Å². The molecule has 2 aliphatic heterocycles. The van der Waals surface area contributed by atoms with E-state index in [1.54, 1.807) is 26.0 Å². The Morgan fingerprint density at radius 3 is 2.14 bits per heavy atom. The summed E-state index contributed by atoms with van der Waals surface area (Å²) < 4.78 is 0. The number of aliphatic carboxylic acids is 2. The number of nitrogens with one attached hydrogen (secondary N) is 3. The average molecular weight is 677 g/mol. The molecule has 3 aromatic rings. The van der Waals surface area contributed by atoms with E-state index < -0.39 is 17.9 Å². The number of carboxylic acid groups (broad SMARTS) is 2. The van der Waals surface area contributed by atoms with Gasteiger partial charge in [0.05, 0.1) is 18.1 Å². The average Bonchev–Trinajstić information content (AvgIpc) is 3.72. The molecule has 5 N–H and O–H groups in total. The number of nitrogens with zero attached hydrogens (tertiary/aromatic N) is 1. The molecule has 50 heavy (non-hydrogen) atoms. The van der Waals surface area contributed by atoms with Crippen molar-refractivity contribution in [3.63, 3.8) is 0 Å². The van der Waals surface area contributed by atoms with Crippen molar-refractivity contribution in [1.29, 1.82) is 0 Å². The van der Waals surface area contributed by atoms with Crippen molar-refractivity contribution in [2.24, 2.45) is 4.99 Å². The molecule has 0 spiro atoms. The molecule has 10 nitrogen and oxygen atoms in total. The molecule has 260 valence electrons. The van der Waals surface area contributed by atoms with E-state index in [-0.39, 0.29) is 30.6 Å². The minimum Gasteiger partial charge on any atom is -0.481 e. The zero-order valence-electron chi connectivity index (χ0n) is 29.6. The van der Waals surface area contributed by atoms with Gasteiger partial charge in [-0.15, -0.1) is 0 Å². The van der Waals surface area contributed by atoms with Crippen LogP contribution in [0.1, 0.15) is 105 Å². The molecule has 0 aliphatic carbocycles. The van der Waals surface area contributed by atoms with Crippen LogP contribution in [0.5, 0.6) is 0 Å². The molecule has 0 radical (unpaired) electrons. The molecule has 0 saturated carbocycles. The van der Waals surface area contributed by atoms with Gasteiger partial charge in [-0.05, 0) is 110 Å². The Kier molecular flexibility index (Phi) is 10.4. The van der Waals surface area contributed by atoms with E-state index in [4.69, 9.17) is 0 Å².